The van der Waals surface area contributed by atoms with Crippen molar-refractivity contribution in [1.82, 2.24) is 15.3 Å². The van der Waals surface area contributed by atoms with Crippen LogP contribution in [0.5, 0.6) is 0 Å². The molecule has 1 unspecified atom stereocenters. The van der Waals surface area contributed by atoms with Gasteiger partial charge in [0.15, 0.2) is 12.7 Å². The van der Waals surface area contributed by atoms with E-state index in [9.17, 15) is 14.7 Å². The minimum Gasteiger partial charge on any atom is -0.479 e. The number of aliphatic carboxylic acids is 1. The van der Waals surface area contributed by atoms with Gasteiger partial charge in [0.1, 0.15) is 5.82 Å². The number of hydrogen-bond acceptors (Lipinski definition) is 5. The predicted molar refractivity (Wildman–Crippen MR) is 96.9 cm³/mol. The first-order chi connectivity index (χ1) is 13.0. The molecule has 0 aliphatic carbocycles. The van der Waals surface area contributed by atoms with Gasteiger partial charge in [-0.25, -0.2) is 14.6 Å². The standard InChI is InChI=1S/C19H19N3O5/c23-16(18(24)25)9-12-4-3-5-13(8-12)10-20-19(26)27-11-17-21-14-6-1-2-7-15(14)22-17/h1-8,16,23H,9-11H2,(H,20,26)(H,21,22)(H,24,25). The van der Waals surface area contributed by atoms with Gasteiger partial charge in [0.05, 0.1) is 11.0 Å². The molecule has 0 aliphatic rings. The maximum atomic E-state index is 11.9. The minimum atomic E-state index is -1.46. The Hall–Kier alpha value is -3.39. The van der Waals surface area contributed by atoms with Crippen molar-refractivity contribution in [1.29, 1.82) is 0 Å². The average Bonchev–Trinajstić information content (AvgIpc) is 3.08. The van der Waals surface area contributed by atoms with Crippen LogP contribution in [0.3, 0.4) is 0 Å². The molecule has 1 atom stereocenters. The SMILES string of the molecule is O=C(NCc1cccc(CC(O)C(=O)O)c1)OCc1nc2ccccc2[nH]1. The summed E-state index contributed by atoms with van der Waals surface area (Å²) in [4.78, 5) is 30.0. The fraction of sp³-hybridized carbons (Fsp3) is 0.211. The number of aliphatic hydroxyl groups excluding tert-OH is 1. The number of aromatic nitrogens is 2. The number of aliphatic hydroxyl groups is 1. The topological polar surface area (TPSA) is 125 Å². The summed E-state index contributed by atoms with van der Waals surface area (Å²) in [6, 6.07) is 14.5. The molecule has 2 aromatic carbocycles. The number of carbonyl (C=O) groups excluding carboxylic acids is 1. The highest BCUT2D eigenvalue weighted by Crippen LogP contribution is 2.11. The molecule has 4 N–H and O–H groups in total. The number of ether oxygens (including phenoxy) is 1. The summed E-state index contributed by atoms with van der Waals surface area (Å²) in [7, 11) is 0. The van der Waals surface area contributed by atoms with Gasteiger partial charge in [0.25, 0.3) is 0 Å². The normalized spacial score (nSPS) is 11.9. The molecule has 0 fully saturated rings. The summed E-state index contributed by atoms with van der Waals surface area (Å²) in [5, 5.41) is 20.8. The van der Waals surface area contributed by atoms with Crippen LogP contribution in [0, 0.1) is 0 Å². The molecule has 0 radical (unpaired) electrons. The van der Waals surface area contributed by atoms with Crippen LogP contribution in [0.4, 0.5) is 4.79 Å². The lowest BCUT2D eigenvalue weighted by molar-refractivity contribution is -0.146. The lowest BCUT2D eigenvalue weighted by atomic mass is 10.1. The lowest BCUT2D eigenvalue weighted by Crippen LogP contribution is -2.24. The first kappa shape index (κ1) is 18.4. The zero-order chi connectivity index (χ0) is 19.2. The zero-order valence-electron chi connectivity index (χ0n) is 14.4. The van der Waals surface area contributed by atoms with E-state index in [1.807, 2.05) is 24.3 Å². The van der Waals surface area contributed by atoms with E-state index in [1.165, 1.54) is 0 Å². The number of aromatic amines is 1. The molecule has 0 spiro atoms. The van der Waals surface area contributed by atoms with E-state index in [4.69, 9.17) is 9.84 Å². The molecule has 8 nitrogen and oxygen atoms in total. The maximum absolute atomic E-state index is 11.9. The highest BCUT2D eigenvalue weighted by molar-refractivity contribution is 5.75. The van der Waals surface area contributed by atoms with Gasteiger partial charge in [-0.05, 0) is 23.3 Å². The van der Waals surface area contributed by atoms with E-state index in [1.54, 1.807) is 24.3 Å². The second kappa shape index (κ2) is 8.33. The summed E-state index contributed by atoms with van der Waals surface area (Å²) < 4.78 is 5.14. The van der Waals surface area contributed by atoms with Crippen LogP contribution in [-0.2, 0) is 29.1 Å². The number of carboxylic acids is 1. The summed E-state index contributed by atoms with van der Waals surface area (Å²) in [6.07, 6.45) is -2.05. The number of carboxylic acid groups (broad SMARTS) is 1. The Kier molecular flexibility index (Phi) is 5.68. The zero-order valence-corrected chi connectivity index (χ0v) is 14.4. The molecule has 3 rings (SSSR count). The molecule has 1 aromatic heterocycles. The van der Waals surface area contributed by atoms with E-state index in [0.29, 0.717) is 11.4 Å². The van der Waals surface area contributed by atoms with E-state index in [2.05, 4.69) is 15.3 Å². The molecular formula is C19H19N3O5. The Labute approximate surface area is 154 Å². The number of imidazole rings is 1. The van der Waals surface area contributed by atoms with Crippen molar-refractivity contribution in [2.24, 2.45) is 0 Å². The van der Waals surface area contributed by atoms with Crippen LogP contribution in [0.2, 0.25) is 0 Å². The van der Waals surface area contributed by atoms with Gasteiger partial charge in [-0.15, -0.1) is 0 Å². The van der Waals surface area contributed by atoms with Crippen molar-refractivity contribution in [2.75, 3.05) is 0 Å². The molecule has 0 saturated heterocycles. The lowest BCUT2D eigenvalue weighted by Gasteiger charge is -2.09. The molecule has 140 valence electrons. The average molecular weight is 369 g/mol. The van der Waals surface area contributed by atoms with Crippen LogP contribution < -0.4 is 5.32 Å². The fourth-order valence-electron chi connectivity index (χ4n) is 2.61. The van der Waals surface area contributed by atoms with Gasteiger partial charge >= 0.3 is 12.1 Å². The van der Waals surface area contributed by atoms with Crippen molar-refractivity contribution in [3.63, 3.8) is 0 Å². The van der Waals surface area contributed by atoms with Crippen LogP contribution in [0.1, 0.15) is 17.0 Å². The number of H-pyrrole nitrogens is 1. The number of carbonyl (C=O) groups is 2. The van der Waals surface area contributed by atoms with E-state index in [0.717, 1.165) is 16.6 Å². The molecule has 0 bridgehead atoms. The third-order valence-electron chi connectivity index (χ3n) is 3.92. The monoisotopic (exact) mass is 369 g/mol. The highest BCUT2D eigenvalue weighted by Gasteiger charge is 2.14. The van der Waals surface area contributed by atoms with Crippen LogP contribution in [-0.4, -0.2) is 38.3 Å². The Morgan fingerprint density at radius 3 is 2.70 bits per heavy atom. The Morgan fingerprint density at radius 1 is 1.15 bits per heavy atom. The van der Waals surface area contributed by atoms with Gasteiger partial charge in [0, 0.05) is 13.0 Å². The number of fused-ring (bicyclic) bond motifs is 1. The van der Waals surface area contributed by atoms with Crippen molar-refractivity contribution in [3.8, 4) is 0 Å². The number of rotatable bonds is 7. The quantitative estimate of drug-likeness (QED) is 0.505. The molecule has 3 aromatic rings. The number of amides is 1. The van der Waals surface area contributed by atoms with Crippen LogP contribution in [0.25, 0.3) is 11.0 Å². The largest absolute Gasteiger partial charge is 0.479 e. The third kappa shape index (κ3) is 5.05. The fourth-order valence-corrected chi connectivity index (χ4v) is 2.61. The van der Waals surface area contributed by atoms with Gasteiger partial charge in [0.2, 0.25) is 0 Å². The first-order valence-electron chi connectivity index (χ1n) is 8.34. The van der Waals surface area contributed by atoms with Crippen molar-refractivity contribution < 1.29 is 24.5 Å². The molecule has 27 heavy (non-hydrogen) atoms. The number of benzene rings is 2. The van der Waals surface area contributed by atoms with Gasteiger partial charge < -0.3 is 25.3 Å². The minimum absolute atomic E-state index is 0.000325. The highest BCUT2D eigenvalue weighted by atomic mass is 16.5. The molecule has 1 amide bonds. The number of nitrogens with zero attached hydrogens (tertiary/aromatic N) is 1. The van der Waals surface area contributed by atoms with Gasteiger partial charge in [-0.2, -0.15) is 0 Å². The predicted octanol–water partition coefficient (Wildman–Crippen LogP) is 1.98. The number of hydrogen-bond donors (Lipinski definition) is 4. The van der Waals surface area contributed by atoms with Gasteiger partial charge in [-0.1, -0.05) is 36.4 Å². The van der Waals surface area contributed by atoms with E-state index in [-0.39, 0.29) is 19.6 Å². The molecule has 1 heterocycles. The molecule has 0 aliphatic heterocycles. The Bertz CT molecular complexity index is 920. The summed E-state index contributed by atoms with van der Waals surface area (Å²) in [5.41, 5.74) is 3.11. The number of nitrogens with one attached hydrogen (secondary N) is 2. The number of alkyl carbamates (subject to hydrolysis) is 1. The maximum Gasteiger partial charge on any atom is 0.407 e. The van der Waals surface area contributed by atoms with Crippen LogP contribution >= 0.6 is 0 Å². The van der Waals surface area contributed by atoms with Crippen molar-refractivity contribution in [3.05, 3.63) is 65.5 Å². The summed E-state index contributed by atoms with van der Waals surface area (Å²) in [5.74, 6) is -0.719. The Balaban J connectivity index is 1.49. The molecular weight excluding hydrogens is 350 g/mol. The number of para-hydroxylation sites is 2. The first-order valence-corrected chi connectivity index (χ1v) is 8.34. The summed E-state index contributed by atoms with van der Waals surface area (Å²) in [6.45, 7) is 0.237. The molecule has 8 heteroatoms. The second-order valence-corrected chi connectivity index (χ2v) is 6.01. The second-order valence-electron chi connectivity index (χ2n) is 6.01. The summed E-state index contributed by atoms with van der Waals surface area (Å²) >= 11 is 0. The van der Waals surface area contributed by atoms with Crippen molar-refractivity contribution in [2.45, 2.75) is 25.7 Å². The van der Waals surface area contributed by atoms with Crippen LogP contribution in [0.15, 0.2) is 48.5 Å². The van der Waals surface area contributed by atoms with E-state index >= 15 is 0 Å². The smallest absolute Gasteiger partial charge is 0.407 e. The van der Waals surface area contributed by atoms with Gasteiger partial charge in [-0.3, -0.25) is 0 Å². The third-order valence-corrected chi connectivity index (χ3v) is 3.92. The molecule has 0 saturated carbocycles. The van der Waals surface area contributed by atoms with Crippen molar-refractivity contribution >= 4 is 23.1 Å². The van der Waals surface area contributed by atoms with E-state index < -0.39 is 18.2 Å². The Morgan fingerprint density at radius 2 is 1.93 bits per heavy atom.